The first kappa shape index (κ1) is 9.80. The van der Waals surface area contributed by atoms with Crippen molar-refractivity contribution in [2.45, 2.75) is 19.3 Å². The lowest BCUT2D eigenvalue weighted by Gasteiger charge is -1.94. The summed E-state index contributed by atoms with van der Waals surface area (Å²) in [4.78, 5) is 22.9. The molecule has 11 heavy (non-hydrogen) atoms. The van der Waals surface area contributed by atoms with Crippen LogP contribution in [0, 0.1) is 15.0 Å². The van der Waals surface area contributed by atoms with Crippen molar-refractivity contribution in [2.24, 2.45) is 5.34 Å². The molecule has 0 aromatic carbocycles. The van der Waals surface area contributed by atoms with Crippen molar-refractivity contribution in [3.63, 3.8) is 0 Å². The molecule has 0 bridgehead atoms. The van der Waals surface area contributed by atoms with Gasteiger partial charge < -0.3 is 4.84 Å². The first-order valence-electron chi connectivity index (χ1n) is 3.34. The van der Waals surface area contributed by atoms with E-state index in [9.17, 15) is 15.0 Å². The lowest BCUT2D eigenvalue weighted by atomic mass is 10.2. The fourth-order valence-electron chi connectivity index (χ4n) is 0.622. The van der Waals surface area contributed by atoms with Gasteiger partial charge in [0.2, 0.25) is 6.54 Å². The van der Waals surface area contributed by atoms with Crippen molar-refractivity contribution in [1.29, 1.82) is 0 Å². The van der Waals surface area contributed by atoms with Crippen molar-refractivity contribution >= 4 is 0 Å². The SMILES string of the molecule is O=NOCCCCC[N+](=O)[O-]. The predicted molar refractivity (Wildman–Crippen MR) is 37.5 cm³/mol. The van der Waals surface area contributed by atoms with Crippen LogP contribution in [-0.2, 0) is 4.84 Å². The van der Waals surface area contributed by atoms with Crippen LogP contribution in [0.25, 0.3) is 0 Å². The minimum atomic E-state index is -0.362. The van der Waals surface area contributed by atoms with Gasteiger partial charge in [-0.2, -0.15) is 0 Å². The highest BCUT2D eigenvalue weighted by molar-refractivity contribution is 4.38. The highest BCUT2D eigenvalue weighted by Crippen LogP contribution is 1.95. The van der Waals surface area contributed by atoms with Crippen molar-refractivity contribution < 1.29 is 9.76 Å². The molecule has 64 valence electrons. The van der Waals surface area contributed by atoms with Gasteiger partial charge >= 0.3 is 0 Å². The Kier molecular flexibility index (Phi) is 6.16. The normalized spacial score (nSPS) is 9.09. The van der Waals surface area contributed by atoms with Gasteiger partial charge in [-0.25, -0.2) is 0 Å². The van der Waals surface area contributed by atoms with Crippen LogP contribution in [0.1, 0.15) is 19.3 Å². The molecule has 6 nitrogen and oxygen atoms in total. The van der Waals surface area contributed by atoms with E-state index in [1.165, 1.54) is 0 Å². The Bertz CT molecular complexity index is 128. The van der Waals surface area contributed by atoms with Crippen LogP contribution in [0.15, 0.2) is 5.34 Å². The lowest BCUT2D eigenvalue weighted by Crippen LogP contribution is -2.00. The summed E-state index contributed by atoms with van der Waals surface area (Å²) >= 11 is 0. The zero-order valence-corrected chi connectivity index (χ0v) is 6.06. The third-order valence-corrected chi connectivity index (χ3v) is 1.13. The topological polar surface area (TPSA) is 81.8 Å². The highest BCUT2D eigenvalue weighted by atomic mass is 16.7. The van der Waals surface area contributed by atoms with Crippen molar-refractivity contribution in [3.8, 4) is 0 Å². The molecule has 0 saturated carbocycles. The van der Waals surface area contributed by atoms with Crippen LogP contribution < -0.4 is 0 Å². The molecule has 0 unspecified atom stereocenters. The lowest BCUT2D eigenvalue weighted by molar-refractivity contribution is -0.480. The average Bonchev–Trinajstić information content (AvgIpc) is 1.96. The second kappa shape index (κ2) is 6.91. The van der Waals surface area contributed by atoms with E-state index in [-0.39, 0.29) is 18.1 Å². The summed E-state index contributed by atoms with van der Waals surface area (Å²) in [6, 6.07) is 0. The predicted octanol–water partition coefficient (Wildman–Crippen LogP) is 1.13. The van der Waals surface area contributed by atoms with E-state index in [4.69, 9.17) is 0 Å². The molecule has 0 aliphatic rings. The van der Waals surface area contributed by atoms with Crippen LogP contribution in [0.3, 0.4) is 0 Å². The Hall–Kier alpha value is -1.20. The minimum Gasteiger partial charge on any atom is -0.364 e. The zero-order valence-electron chi connectivity index (χ0n) is 6.06. The fraction of sp³-hybridized carbons (Fsp3) is 1.00. The van der Waals surface area contributed by atoms with Gasteiger partial charge in [-0.1, -0.05) is 0 Å². The monoisotopic (exact) mass is 162 g/mol. The van der Waals surface area contributed by atoms with Crippen LogP contribution in [0.4, 0.5) is 0 Å². The van der Waals surface area contributed by atoms with Crippen molar-refractivity contribution in [1.82, 2.24) is 0 Å². The molecule has 0 rings (SSSR count). The number of nitro groups is 1. The van der Waals surface area contributed by atoms with Crippen LogP contribution in [0.2, 0.25) is 0 Å². The van der Waals surface area contributed by atoms with Gasteiger partial charge in [-0.3, -0.25) is 10.1 Å². The largest absolute Gasteiger partial charge is 0.364 e. The highest BCUT2D eigenvalue weighted by Gasteiger charge is 1.96. The third-order valence-electron chi connectivity index (χ3n) is 1.13. The summed E-state index contributed by atoms with van der Waals surface area (Å²) in [6.07, 6.45) is 1.85. The Labute approximate surface area is 63.6 Å². The maximum absolute atomic E-state index is 9.79. The van der Waals surface area contributed by atoms with Gasteiger partial charge in [0.1, 0.15) is 6.61 Å². The quantitative estimate of drug-likeness (QED) is 0.243. The maximum Gasteiger partial charge on any atom is 0.203 e. The molecule has 6 heteroatoms. The number of rotatable bonds is 7. The van der Waals surface area contributed by atoms with E-state index >= 15 is 0 Å². The standard InChI is InChI=1S/C5H10N2O4/c8-6-11-5-3-1-2-4-7(9)10/h1-5H2. The Balaban J connectivity index is 2.90. The smallest absolute Gasteiger partial charge is 0.203 e. The summed E-state index contributed by atoms with van der Waals surface area (Å²) in [5, 5.41) is 12.0. The van der Waals surface area contributed by atoms with E-state index in [2.05, 4.69) is 10.2 Å². The summed E-state index contributed by atoms with van der Waals surface area (Å²) in [5.41, 5.74) is 0. The average molecular weight is 162 g/mol. The van der Waals surface area contributed by atoms with Gasteiger partial charge in [0.25, 0.3) is 0 Å². The summed E-state index contributed by atoms with van der Waals surface area (Å²) in [7, 11) is 0. The number of hydrogen-bond acceptors (Lipinski definition) is 5. The summed E-state index contributed by atoms with van der Waals surface area (Å²) in [6.45, 7) is 0.232. The Morgan fingerprint density at radius 3 is 2.64 bits per heavy atom. The number of hydrogen-bond donors (Lipinski definition) is 0. The van der Waals surface area contributed by atoms with Crippen LogP contribution in [0.5, 0.6) is 0 Å². The molecular formula is C5H10N2O4. The fourth-order valence-corrected chi connectivity index (χ4v) is 0.622. The van der Waals surface area contributed by atoms with Gasteiger partial charge in [0, 0.05) is 11.3 Å². The third kappa shape index (κ3) is 8.80. The van der Waals surface area contributed by atoms with E-state index in [1.54, 1.807) is 0 Å². The molecule has 0 aliphatic heterocycles. The van der Waals surface area contributed by atoms with E-state index in [0.29, 0.717) is 19.3 Å². The molecule has 0 aromatic rings. The Morgan fingerprint density at radius 2 is 2.09 bits per heavy atom. The molecule has 0 amide bonds. The number of unbranched alkanes of at least 4 members (excludes halogenated alkanes) is 2. The molecule has 0 saturated heterocycles. The molecule has 0 aromatic heterocycles. The maximum atomic E-state index is 9.79. The molecule has 0 atom stereocenters. The molecule has 0 spiro atoms. The first-order chi connectivity index (χ1) is 5.27. The first-order valence-corrected chi connectivity index (χ1v) is 3.34. The van der Waals surface area contributed by atoms with Gasteiger partial charge in [-0.05, 0) is 12.8 Å². The van der Waals surface area contributed by atoms with Crippen molar-refractivity contribution in [2.75, 3.05) is 13.2 Å². The van der Waals surface area contributed by atoms with Crippen LogP contribution >= 0.6 is 0 Å². The molecular weight excluding hydrogens is 152 g/mol. The molecule has 0 fully saturated rings. The Morgan fingerprint density at radius 1 is 1.36 bits per heavy atom. The van der Waals surface area contributed by atoms with E-state index in [1.807, 2.05) is 0 Å². The van der Waals surface area contributed by atoms with Gasteiger partial charge in [0.15, 0.2) is 5.34 Å². The molecule has 0 radical (unpaired) electrons. The molecule has 0 aliphatic carbocycles. The second-order valence-electron chi connectivity index (χ2n) is 2.02. The minimum absolute atomic E-state index is 0.0193. The van der Waals surface area contributed by atoms with Crippen LogP contribution in [-0.4, -0.2) is 18.1 Å². The molecule has 0 N–H and O–H groups in total. The van der Waals surface area contributed by atoms with E-state index in [0.717, 1.165) is 0 Å². The van der Waals surface area contributed by atoms with Gasteiger partial charge in [0.05, 0.1) is 0 Å². The van der Waals surface area contributed by atoms with Gasteiger partial charge in [-0.15, -0.1) is 4.91 Å². The summed E-state index contributed by atoms with van der Waals surface area (Å²) in [5.74, 6) is 0. The molecule has 0 heterocycles. The zero-order chi connectivity index (χ0) is 8.53. The summed E-state index contributed by atoms with van der Waals surface area (Å²) < 4.78 is 0. The van der Waals surface area contributed by atoms with E-state index < -0.39 is 0 Å². The number of nitrogens with zero attached hydrogens (tertiary/aromatic N) is 2. The van der Waals surface area contributed by atoms with Crippen molar-refractivity contribution in [3.05, 3.63) is 15.0 Å². The second-order valence-corrected chi connectivity index (χ2v) is 2.02.